The Labute approximate surface area is 127 Å². The number of carboxylic acids is 1. The number of benzene rings is 1. The zero-order valence-corrected chi connectivity index (χ0v) is 12.1. The summed E-state index contributed by atoms with van der Waals surface area (Å²) < 4.78 is 0. The molecule has 1 aromatic carbocycles. The minimum Gasteiger partial charge on any atom is -0.478 e. The number of halogens is 1. The number of hydrogen-bond acceptors (Lipinski definition) is 3. The van der Waals surface area contributed by atoms with Gasteiger partial charge in [-0.15, -0.1) is 0 Å². The number of urea groups is 1. The summed E-state index contributed by atoms with van der Waals surface area (Å²) in [5.74, 6) is -0.995. The molecule has 0 saturated carbocycles. The van der Waals surface area contributed by atoms with Crippen LogP contribution in [0.1, 0.15) is 23.2 Å². The number of aliphatic hydroxyl groups is 1. The van der Waals surface area contributed by atoms with E-state index in [0.717, 1.165) is 12.8 Å². The van der Waals surface area contributed by atoms with E-state index in [-0.39, 0.29) is 34.8 Å². The van der Waals surface area contributed by atoms with E-state index in [2.05, 4.69) is 5.32 Å². The lowest BCUT2D eigenvalue weighted by molar-refractivity contribution is 0.0697. The Morgan fingerprint density at radius 1 is 1.43 bits per heavy atom. The van der Waals surface area contributed by atoms with Crippen molar-refractivity contribution in [3.05, 3.63) is 28.8 Å². The third kappa shape index (κ3) is 3.86. The Bertz CT molecular complexity index is 550. The maximum absolute atomic E-state index is 12.2. The molecule has 1 heterocycles. The minimum absolute atomic E-state index is 0.0546. The molecule has 1 aliphatic rings. The van der Waals surface area contributed by atoms with E-state index in [0.29, 0.717) is 13.1 Å². The molecule has 6 nitrogen and oxygen atoms in total. The van der Waals surface area contributed by atoms with Crippen molar-refractivity contribution >= 4 is 29.3 Å². The van der Waals surface area contributed by atoms with Gasteiger partial charge in [-0.3, -0.25) is 0 Å². The van der Waals surface area contributed by atoms with Crippen LogP contribution in [-0.4, -0.2) is 46.8 Å². The zero-order chi connectivity index (χ0) is 15.4. The smallest absolute Gasteiger partial charge is 0.335 e. The summed E-state index contributed by atoms with van der Waals surface area (Å²) in [7, 11) is 0. The van der Waals surface area contributed by atoms with Gasteiger partial charge in [-0.05, 0) is 37.0 Å². The normalized spacial score (nSPS) is 18.4. The lowest BCUT2D eigenvalue weighted by Crippen LogP contribution is -2.43. The zero-order valence-electron chi connectivity index (χ0n) is 11.4. The first-order chi connectivity index (χ1) is 10.0. The van der Waals surface area contributed by atoms with Gasteiger partial charge in [0.1, 0.15) is 0 Å². The number of piperidine rings is 1. The number of likely N-dealkylation sites (tertiary alicyclic amines) is 1. The number of carbonyl (C=O) groups excluding carboxylic acids is 1. The van der Waals surface area contributed by atoms with Crippen molar-refractivity contribution in [2.24, 2.45) is 5.92 Å². The Hall–Kier alpha value is -1.79. The first kappa shape index (κ1) is 15.6. The molecule has 1 saturated heterocycles. The monoisotopic (exact) mass is 312 g/mol. The molecule has 2 amide bonds. The van der Waals surface area contributed by atoms with Crippen LogP contribution < -0.4 is 5.32 Å². The summed E-state index contributed by atoms with van der Waals surface area (Å²) in [6, 6.07) is 3.81. The highest BCUT2D eigenvalue weighted by atomic mass is 35.5. The van der Waals surface area contributed by atoms with Crippen LogP contribution >= 0.6 is 11.6 Å². The largest absolute Gasteiger partial charge is 0.478 e. The number of hydrogen-bond donors (Lipinski definition) is 3. The molecule has 1 fully saturated rings. The van der Waals surface area contributed by atoms with Crippen LogP contribution in [0, 0.1) is 5.92 Å². The Balaban J connectivity index is 2.08. The summed E-state index contributed by atoms with van der Waals surface area (Å²) in [6.07, 6.45) is 1.73. The fourth-order valence-electron chi connectivity index (χ4n) is 2.35. The van der Waals surface area contributed by atoms with Crippen LogP contribution in [0.3, 0.4) is 0 Å². The predicted octanol–water partition coefficient (Wildman–Crippen LogP) is 2.27. The minimum atomic E-state index is -1.08. The van der Waals surface area contributed by atoms with Crippen LogP contribution in [0.25, 0.3) is 0 Å². The lowest BCUT2D eigenvalue weighted by Gasteiger charge is -2.31. The molecule has 0 aliphatic carbocycles. The Morgan fingerprint density at radius 3 is 2.86 bits per heavy atom. The third-order valence-electron chi connectivity index (χ3n) is 3.52. The fourth-order valence-corrected chi connectivity index (χ4v) is 2.51. The number of carboxylic acid groups (broad SMARTS) is 1. The van der Waals surface area contributed by atoms with Crippen molar-refractivity contribution in [3.63, 3.8) is 0 Å². The highest BCUT2D eigenvalue weighted by Gasteiger charge is 2.23. The highest BCUT2D eigenvalue weighted by molar-refractivity contribution is 6.33. The quantitative estimate of drug-likeness (QED) is 0.798. The topological polar surface area (TPSA) is 89.9 Å². The van der Waals surface area contributed by atoms with Gasteiger partial charge in [-0.25, -0.2) is 9.59 Å². The molecule has 7 heteroatoms. The molecular weight excluding hydrogens is 296 g/mol. The second-order valence-corrected chi connectivity index (χ2v) is 5.47. The summed E-state index contributed by atoms with van der Waals surface area (Å²) in [5, 5.41) is 21.0. The van der Waals surface area contributed by atoms with E-state index >= 15 is 0 Å². The molecule has 0 radical (unpaired) electrons. The molecule has 0 aromatic heterocycles. The molecule has 114 valence electrons. The van der Waals surface area contributed by atoms with Gasteiger partial charge >= 0.3 is 12.0 Å². The van der Waals surface area contributed by atoms with E-state index < -0.39 is 5.97 Å². The highest BCUT2D eigenvalue weighted by Crippen LogP contribution is 2.24. The van der Waals surface area contributed by atoms with Gasteiger partial charge in [0.05, 0.1) is 16.3 Å². The molecule has 1 atom stereocenters. The fraction of sp³-hybridized carbons (Fsp3) is 0.429. The van der Waals surface area contributed by atoms with Crippen molar-refractivity contribution in [3.8, 4) is 0 Å². The molecule has 1 aromatic rings. The number of carbonyl (C=O) groups is 2. The van der Waals surface area contributed by atoms with E-state index in [9.17, 15) is 14.7 Å². The molecule has 1 aliphatic heterocycles. The van der Waals surface area contributed by atoms with Crippen molar-refractivity contribution in [2.75, 3.05) is 25.0 Å². The number of amides is 2. The lowest BCUT2D eigenvalue weighted by atomic mass is 9.99. The third-order valence-corrected chi connectivity index (χ3v) is 3.85. The average Bonchev–Trinajstić information content (AvgIpc) is 2.49. The summed E-state index contributed by atoms with van der Waals surface area (Å²) in [6.45, 7) is 1.15. The SMILES string of the molecule is O=C(O)c1ccc(Cl)c(NC(=O)N2CCCC(CO)C2)c1. The van der Waals surface area contributed by atoms with Gasteiger partial charge in [0.25, 0.3) is 0 Å². The molecule has 3 N–H and O–H groups in total. The van der Waals surface area contributed by atoms with Crippen LogP contribution in [0.2, 0.25) is 5.02 Å². The summed E-state index contributed by atoms with van der Waals surface area (Å²) >= 11 is 5.97. The van der Waals surface area contributed by atoms with E-state index in [1.165, 1.54) is 18.2 Å². The number of rotatable bonds is 3. The Kier molecular flexibility index (Phi) is 5.03. The van der Waals surface area contributed by atoms with Gasteiger partial charge in [-0.1, -0.05) is 11.6 Å². The van der Waals surface area contributed by atoms with Gasteiger partial charge in [0.15, 0.2) is 0 Å². The Morgan fingerprint density at radius 2 is 2.19 bits per heavy atom. The number of nitrogens with one attached hydrogen (secondary N) is 1. The van der Waals surface area contributed by atoms with Crippen molar-refractivity contribution < 1.29 is 19.8 Å². The van der Waals surface area contributed by atoms with E-state index in [4.69, 9.17) is 16.7 Å². The number of aliphatic hydroxyl groups excluding tert-OH is 1. The molecule has 0 spiro atoms. The number of nitrogens with zero attached hydrogens (tertiary/aromatic N) is 1. The first-order valence-electron chi connectivity index (χ1n) is 6.71. The molecule has 21 heavy (non-hydrogen) atoms. The maximum atomic E-state index is 12.2. The standard InChI is InChI=1S/C14H17ClN2O4/c15-11-4-3-10(13(19)20)6-12(11)16-14(21)17-5-1-2-9(7-17)8-18/h3-4,6,9,18H,1-2,5,7-8H2,(H,16,21)(H,19,20). The van der Waals surface area contributed by atoms with Gasteiger partial charge in [0.2, 0.25) is 0 Å². The first-order valence-corrected chi connectivity index (χ1v) is 7.08. The van der Waals surface area contributed by atoms with E-state index in [1.54, 1.807) is 4.90 Å². The molecule has 1 unspecified atom stereocenters. The maximum Gasteiger partial charge on any atom is 0.335 e. The number of anilines is 1. The second-order valence-electron chi connectivity index (χ2n) is 5.07. The van der Waals surface area contributed by atoms with Crippen LogP contribution in [0.4, 0.5) is 10.5 Å². The summed E-state index contributed by atoms with van der Waals surface area (Å²) in [4.78, 5) is 24.7. The van der Waals surface area contributed by atoms with Crippen molar-refractivity contribution in [1.82, 2.24) is 4.90 Å². The van der Waals surface area contributed by atoms with Crippen LogP contribution in [-0.2, 0) is 0 Å². The average molecular weight is 313 g/mol. The number of aromatic carboxylic acids is 1. The van der Waals surface area contributed by atoms with Crippen molar-refractivity contribution in [1.29, 1.82) is 0 Å². The molecule has 2 rings (SSSR count). The van der Waals surface area contributed by atoms with E-state index in [1.807, 2.05) is 0 Å². The van der Waals surface area contributed by atoms with Gasteiger partial charge in [0, 0.05) is 19.7 Å². The predicted molar refractivity (Wildman–Crippen MR) is 78.8 cm³/mol. The van der Waals surface area contributed by atoms with Crippen molar-refractivity contribution in [2.45, 2.75) is 12.8 Å². The second kappa shape index (κ2) is 6.78. The molecule has 0 bridgehead atoms. The van der Waals surface area contributed by atoms with Crippen LogP contribution in [0.15, 0.2) is 18.2 Å². The van der Waals surface area contributed by atoms with Gasteiger partial charge in [-0.2, -0.15) is 0 Å². The molecular formula is C14H17ClN2O4. The summed E-state index contributed by atoms with van der Waals surface area (Å²) in [5.41, 5.74) is 0.328. The van der Waals surface area contributed by atoms with Gasteiger partial charge < -0.3 is 20.4 Å². The van der Waals surface area contributed by atoms with Crippen LogP contribution in [0.5, 0.6) is 0 Å².